The average Bonchev–Trinajstić information content (AvgIpc) is 2.28. The number of phenols is 1. The van der Waals surface area contributed by atoms with Crippen LogP contribution in [-0.4, -0.2) is 13.5 Å². The predicted molar refractivity (Wildman–Crippen MR) is 69.7 cm³/mol. The third kappa shape index (κ3) is 2.37. The molecule has 0 unspecified atom stereocenters. The molecule has 0 aliphatic heterocycles. The minimum absolute atomic E-state index is 0.00385. The molecule has 2 aromatic rings. The van der Waals surface area contributed by atoms with Crippen molar-refractivity contribution in [3.63, 3.8) is 0 Å². The van der Waals surface area contributed by atoms with Gasteiger partial charge in [-0.2, -0.15) is 0 Å². The standard InChI is InChI=1S/C13H13NO3S/c1-9-6-7-10(12(15)8-9)11-4-2-3-5-13(11)18(14,16)17/h2-8,15H,1H3,(H2,14,16,17). The molecule has 0 amide bonds. The van der Waals surface area contributed by atoms with Crippen LogP contribution in [0.15, 0.2) is 47.4 Å². The van der Waals surface area contributed by atoms with Crippen LogP contribution in [0.2, 0.25) is 0 Å². The first kappa shape index (κ1) is 12.6. The molecule has 0 aromatic heterocycles. The molecule has 18 heavy (non-hydrogen) atoms. The lowest BCUT2D eigenvalue weighted by Crippen LogP contribution is -2.13. The first-order chi connectivity index (χ1) is 8.39. The van der Waals surface area contributed by atoms with Crippen molar-refractivity contribution in [3.05, 3.63) is 48.0 Å². The van der Waals surface area contributed by atoms with E-state index >= 15 is 0 Å². The van der Waals surface area contributed by atoms with E-state index in [2.05, 4.69) is 0 Å². The summed E-state index contributed by atoms with van der Waals surface area (Å²) in [5, 5.41) is 15.1. The van der Waals surface area contributed by atoms with E-state index in [1.54, 1.807) is 36.4 Å². The van der Waals surface area contributed by atoms with E-state index in [0.717, 1.165) is 5.56 Å². The Labute approximate surface area is 106 Å². The molecule has 0 heterocycles. The number of phenolic OH excluding ortho intramolecular Hbond substituents is 1. The Hall–Kier alpha value is -1.85. The van der Waals surface area contributed by atoms with Gasteiger partial charge in [0.15, 0.2) is 0 Å². The number of rotatable bonds is 2. The van der Waals surface area contributed by atoms with Crippen molar-refractivity contribution < 1.29 is 13.5 Å². The fourth-order valence-electron chi connectivity index (χ4n) is 1.81. The van der Waals surface area contributed by atoms with Crippen LogP contribution in [0.3, 0.4) is 0 Å². The minimum Gasteiger partial charge on any atom is -0.507 e. The van der Waals surface area contributed by atoms with Gasteiger partial charge in [0.1, 0.15) is 5.75 Å². The Morgan fingerprint density at radius 2 is 1.72 bits per heavy atom. The summed E-state index contributed by atoms with van der Waals surface area (Å²) >= 11 is 0. The number of sulfonamides is 1. The van der Waals surface area contributed by atoms with Crippen LogP contribution in [-0.2, 0) is 10.0 Å². The summed E-state index contributed by atoms with van der Waals surface area (Å²) in [4.78, 5) is 0.00385. The van der Waals surface area contributed by atoms with Gasteiger partial charge in [-0.15, -0.1) is 0 Å². The molecule has 2 aromatic carbocycles. The molecule has 0 fully saturated rings. The first-order valence-corrected chi connectivity index (χ1v) is 6.86. The Balaban J connectivity index is 2.72. The second-order valence-electron chi connectivity index (χ2n) is 4.06. The van der Waals surface area contributed by atoms with Crippen LogP contribution in [0, 0.1) is 6.92 Å². The van der Waals surface area contributed by atoms with Crippen molar-refractivity contribution in [2.75, 3.05) is 0 Å². The molecular formula is C13H13NO3S. The molecule has 0 radical (unpaired) electrons. The van der Waals surface area contributed by atoms with Crippen LogP contribution >= 0.6 is 0 Å². The van der Waals surface area contributed by atoms with Gasteiger partial charge in [-0.05, 0) is 24.6 Å². The van der Waals surface area contributed by atoms with E-state index in [0.29, 0.717) is 11.1 Å². The van der Waals surface area contributed by atoms with Gasteiger partial charge in [0.25, 0.3) is 0 Å². The highest BCUT2D eigenvalue weighted by Crippen LogP contribution is 2.33. The van der Waals surface area contributed by atoms with Gasteiger partial charge in [0, 0.05) is 11.1 Å². The Bertz CT molecular complexity index is 693. The molecule has 0 spiro atoms. The monoisotopic (exact) mass is 263 g/mol. The number of benzene rings is 2. The zero-order valence-electron chi connectivity index (χ0n) is 9.79. The molecule has 2 rings (SSSR count). The number of primary sulfonamides is 1. The van der Waals surface area contributed by atoms with Crippen molar-refractivity contribution >= 4 is 10.0 Å². The topological polar surface area (TPSA) is 80.4 Å². The molecular weight excluding hydrogens is 250 g/mol. The zero-order chi connectivity index (χ0) is 13.3. The van der Waals surface area contributed by atoms with E-state index < -0.39 is 10.0 Å². The summed E-state index contributed by atoms with van der Waals surface area (Å²) in [6.07, 6.45) is 0. The van der Waals surface area contributed by atoms with Crippen molar-refractivity contribution in [2.24, 2.45) is 5.14 Å². The SMILES string of the molecule is Cc1ccc(-c2ccccc2S(N)(=O)=O)c(O)c1. The van der Waals surface area contributed by atoms with Crippen LogP contribution in [0.4, 0.5) is 0 Å². The fraction of sp³-hybridized carbons (Fsp3) is 0.0769. The number of nitrogens with two attached hydrogens (primary N) is 1. The van der Waals surface area contributed by atoms with Gasteiger partial charge < -0.3 is 5.11 Å². The highest BCUT2D eigenvalue weighted by atomic mass is 32.2. The number of aromatic hydroxyl groups is 1. The van der Waals surface area contributed by atoms with Gasteiger partial charge in [0.05, 0.1) is 4.90 Å². The molecule has 0 bridgehead atoms. The quantitative estimate of drug-likeness (QED) is 0.869. The Morgan fingerprint density at radius 1 is 1.06 bits per heavy atom. The Kier molecular flexibility index (Phi) is 3.11. The summed E-state index contributed by atoms with van der Waals surface area (Å²) < 4.78 is 23.0. The highest BCUT2D eigenvalue weighted by Gasteiger charge is 2.16. The van der Waals surface area contributed by atoms with E-state index in [9.17, 15) is 13.5 Å². The third-order valence-electron chi connectivity index (χ3n) is 2.64. The second kappa shape index (κ2) is 4.44. The summed E-state index contributed by atoms with van der Waals surface area (Å²) in [6, 6.07) is 11.4. The van der Waals surface area contributed by atoms with Crippen molar-refractivity contribution in [2.45, 2.75) is 11.8 Å². The largest absolute Gasteiger partial charge is 0.507 e. The van der Waals surface area contributed by atoms with E-state index in [-0.39, 0.29) is 10.6 Å². The smallest absolute Gasteiger partial charge is 0.238 e. The summed E-state index contributed by atoms with van der Waals surface area (Å²) in [5.74, 6) is 0.0334. The van der Waals surface area contributed by atoms with Crippen LogP contribution < -0.4 is 5.14 Å². The maximum absolute atomic E-state index is 11.5. The van der Waals surface area contributed by atoms with Crippen LogP contribution in [0.25, 0.3) is 11.1 Å². The van der Waals surface area contributed by atoms with Crippen molar-refractivity contribution in [1.82, 2.24) is 0 Å². The molecule has 0 atom stereocenters. The molecule has 0 saturated carbocycles. The molecule has 0 aliphatic carbocycles. The number of aryl methyl sites for hydroxylation is 1. The van der Waals surface area contributed by atoms with Gasteiger partial charge in [-0.25, -0.2) is 13.6 Å². The molecule has 0 saturated heterocycles. The predicted octanol–water partition coefficient (Wildman–Crippen LogP) is 2.02. The van der Waals surface area contributed by atoms with Crippen molar-refractivity contribution in [1.29, 1.82) is 0 Å². The summed E-state index contributed by atoms with van der Waals surface area (Å²) in [5.41, 5.74) is 1.74. The Morgan fingerprint density at radius 3 is 2.33 bits per heavy atom. The van der Waals surface area contributed by atoms with Gasteiger partial charge in [-0.1, -0.05) is 30.3 Å². The molecule has 3 N–H and O–H groups in total. The lowest BCUT2D eigenvalue weighted by Gasteiger charge is -2.10. The molecule has 5 heteroatoms. The van der Waals surface area contributed by atoms with Gasteiger partial charge in [0.2, 0.25) is 10.0 Å². The lowest BCUT2D eigenvalue weighted by molar-refractivity contribution is 0.477. The second-order valence-corrected chi connectivity index (χ2v) is 5.59. The normalized spacial score (nSPS) is 11.4. The van der Waals surface area contributed by atoms with Gasteiger partial charge >= 0.3 is 0 Å². The van der Waals surface area contributed by atoms with Crippen LogP contribution in [0.5, 0.6) is 5.75 Å². The maximum Gasteiger partial charge on any atom is 0.238 e. The highest BCUT2D eigenvalue weighted by molar-refractivity contribution is 7.89. The summed E-state index contributed by atoms with van der Waals surface area (Å²) in [6.45, 7) is 1.84. The maximum atomic E-state index is 11.5. The molecule has 94 valence electrons. The van der Waals surface area contributed by atoms with E-state index in [1.165, 1.54) is 6.07 Å². The average molecular weight is 263 g/mol. The molecule has 4 nitrogen and oxygen atoms in total. The van der Waals surface area contributed by atoms with Gasteiger partial charge in [-0.3, -0.25) is 0 Å². The minimum atomic E-state index is -3.82. The van der Waals surface area contributed by atoms with E-state index in [4.69, 9.17) is 5.14 Å². The van der Waals surface area contributed by atoms with Crippen LogP contribution in [0.1, 0.15) is 5.56 Å². The fourth-order valence-corrected chi connectivity index (χ4v) is 2.56. The lowest BCUT2D eigenvalue weighted by atomic mass is 10.0. The van der Waals surface area contributed by atoms with Crippen molar-refractivity contribution in [3.8, 4) is 16.9 Å². The number of hydrogen-bond donors (Lipinski definition) is 2. The first-order valence-electron chi connectivity index (χ1n) is 5.31. The third-order valence-corrected chi connectivity index (χ3v) is 3.61. The molecule has 0 aliphatic rings. The number of hydrogen-bond acceptors (Lipinski definition) is 3. The summed E-state index contributed by atoms with van der Waals surface area (Å²) in [7, 11) is -3.82. The zero-order valence-corrected chi connectivity index (χ0v) is 10.6. The van der Waals surface area contributed by atoms with E-state index in [1.807, 2.05) is 6.92 Å².